The molecule has 2 aliphatic carbocycles. The average Bonchev–Trinajstić information content (AvgIpc) is 3.38. The number of benzene rings is 1. The molecule has 2 saturated carbocycles. The molecule has 0 N–H and O–H groups in total. The van der Waals surface area contributed by atoms with Gasteiger partial charge in [-0.2, -0.15) is 13.1 Å². The second-order valence-electron chi connectivity index (χ2n) is 8.39. The van der Waals surface area contributed by atoms with E-state index in [2.05, 4.69) is 8.75 Å². The molecule has 28 heavy (non-hydrogen) atoms. The normalized spacial score (nSPS) is 23.6. The summed E-state index contributed by atoms with van der Waals surface area (Å²) in [5.74, 6) is 0.549. The van der Waals surface area contributed by atoms with Crippen LogP contribution >= 0.6 is 11.7 Å². The SMILES string of the molecule is O=C1CN(S(=O)(=O)c2cccc3nsnc23)CC2(CCCCC2)N1CC1CC1. The lowest BCUT2D eigenvalue weighted by Gasteiger charge is -2.52. The number of carbonyl (C=O) groups excluding carboxylic acids is 1. The number of hydrogen-bond donors (Lipinski definition) is 0. The molecule has 1 aliphatic heterocycles. The molecule has 3 aliphatic rings. The van der Waals surface area contributed by atoms with E-state index in [4.69, 9.17) is 0 Å². The van der Waals surface area contributed by atoms with E-state index in [1.165, 1.54) is 17.1 Å². The Morgan fingerprint density at radius 2 is 1.93 bits per heavy atom. The number of fused-ring (bicyclic) bond motifs is 1. The van der Waals surface area contributed by atoms with Crippen molar-refractivity contribution in [3.63, 3.8) is 0 Å². The third-order valence-electron chi connectivity index (χ3n) is 6.44. The van der Waals surface area contributed by atoms with Gasteiger partial charge in [0, 0.05) is 13.1 Å². The third-order valence-corrected chi connectivity index (χ3v) is 8.81. The van der Waals surface area contributed by atoms with Crippen molar-refractivity contribution in [2.45, 2.75) is 55.4 Å². The maximum Gasteiger partial charge on any atom is 0.245 e. The van der Waals surface area contributed by atoms with Crippen molar-refractivity contribution in [1.82, 2.24) is 18.0 Å². The zero-order valence-electron chi connectivity index (χ0n) is 15.7. The van der Waals surface area contributed by atoms with Gasteiger partial charge in [-0.1, -0.05) is 25.3 Å². The van der Waals surface area contributed by atoms with Gasteiger partial charge in [-0.15, -0.1) is 0 Å². The van der Waals surface area contributed by atoms with Gasteiger partial charge >= 0.3 is 0 Å². The zero-order chi connectivity index (χ0) is 19.4. The molecule has 150 valence electrons. The lowest BCUT2D eigenvalue weighted by molar-refractivity contribution is -0.146. The number of amides is 1. The second-order valence-corrected chi connectivity index (χ2v) is 10.8. The highest BCUT2D eigenvalue weighted by atomic mass is 32.2. The minimum atomic E-state index is -3.81. The lowest BCUT2D eigenvalue weighted by atomic mass is 9.78. The first-order valence-corrected chi connectivity index (χ1v) is 12.2. The zero-order valence-corrected chi connectivity index (χ0v) is 17.3. The summed E-state index contributed by atoms with van der Waals surface area (Å²) in [4.78, 5) is 15.3. The standard InChI is InChI=1S/C19H24N4O3S2/c24-17-12-22(28(25,26)16-6-4-5-15-18(16)21-27-20-15)13-19(9-2-1-3-10-19)23(17)11-14-7-8-14/h4-6,14H,1-3,7-13H2. The highest BCUT2D eigenvalue weighted by Gasteiger charge is 2.50. The maximum atomic E-state index is 13.5. The van der Waals surface area contributed by atoms with E-state index in [9.17, 15) is 13.2 Å². The van der Waals surface area contributed by atoms with Gasteiger partial charge in [0.15, 0.2) is 0 Å². The average molecular weight is 421 g/mol. The van der Waals surface area contributed by atoms with Crippen molar-refractivity contribution in [3.8, 4) is 0 Å². The molecule has 9 heteroatoms. The molecule has 1 amide bonds. The Balaban J connectivity index is 1.52. The minimum Gasteiger partial charge on any atom is -0.334 e. The van der Waals surface area contributed by atoms with Crippen molar-refractivity contribution in [2.24, 2.45) is 5.92 Å². The Bertz CT molecular complexity index is 1010. The van der Waals surface area contributed by atoms with Crippen LogP contribution < -0.4 is 0 Å². The van der Waals surface area contributed by atoms with Gasteiger partial charge in [-0.25, -0.2) is 8.42 Å². The molecule has 5 rings (SSSR count). The summed E-state index contributed by atoms with van der Waals surface area (Å²) < 4.78 is 36.8. The Hall–Kier alpha value is -1.58. The largest absolute Gasteiger partial charge is 0.334 e. The van der Waals surface area contributed by atoms with Crippen molar-refractivity contribution in [1.29, 1.82) is 0 Å². The van der Waals surface area contributed by atoms with E-state index in [0.29, 0.717) is 23.5 Å². The number of rotatable bonds is 4. The molecule has 0 bridgehead atoms. The van der Waals surface area contributed by atoms with Crippen LogP contribution in [0.3, 0.4) is 0 Å². The van der Waals surface area contributed by atoms with Crippen LogP contribution in [0.5, 0.6) is 0 Å². The van der Waals surface area contributed by atoms with Crippen LogP contribution in [-0.2, 0) is 14.8 Å². The molecule has 2 heterocycles. The summed E-state index contributed by atoms with van der Waals surface area (Å²) in [6.07, 6.45) is 7.40. The second kappa shape index (κ2) is 6.74. The van der Waals surface area contributed by atoms with E-state index < -0.39 is 10.0 Å². The van der Waals surface area contributed by atoms with Crippen LogP contribution in [0.25, 0.3) is 11.0 Å². The Morgan fingerprint density at radius 1 is 1.14 bits per heavy atom. The van der Waals surface area contributed by atoms with Crippen molar-refractivity contribution >= 4 is 38.7 Å². The van der Waals surface area contributed by atoms with Gasteiger partial charge < -0.3 is 4.90 Å². The number of carbonyl (C=O) groups is 1. The molecule has 2 aromatic rings. The summed E-state index contributed by atoms with van der Waals surface area (Å²) in [5.41, 5.74) is 0.632. The Morgan fingerprint density at radius 3 is 2.68 bits per heavy atom. The fourth-order valence-electron chi connectivity index (χ4n) is 4.76. The molecule has 1 spiro atoms. The molecule has 0 radical (unpaired) electrons. The van der Waals surface area contributed by atoms with Gasteiger partial charge in [0.05, 0.1) is 23.8 Å². The number of sulfonamides is 1. The summed E-state index contributed by atoms with van der Waals surface area (Å²) in [6.45, 7) is 1.10. The fourth-order valence-corrected chi connectivity index (χ4v) is 6.98. The van der Waals surface area contributed by atoms with Crippen molar-refractivity contribution < 1.29 is 13.2 Å². The van der Waals surface area contributed by atoms with Gasteiger partial charge in [-0.3, -0.25) is 4.79 Å². The van der Waals surface area contributed by atoms with Gasteiger partial charge in [0.2, 0.25) is 15.9 Å². The van der Waals surface area contributed by atoms with Gasteiger partial charge in [-0.05, 0) is 43.7 Å². The summed E-state index contributed by atoms with van der Waals surface area (Å²) in [7, 11) is -3.81. The van der Waals surface area contributed by atoms with Crippen LogP contribution in [0.1, 0.15) is 44.9 Å². The first kappa shape index (κ1) is 18.4. The van der Waals surface area contributed by atoms with Crippen LogP contribution in [0.2, 0.25) is 0 Å². The van der Waals surface area contributed by atoms with Crippen molar-refractivity contribution in [2.75, 3.05) is 19.6 Å². The molecular weight excluding hydrogens is 396 g/mol. The predicted octanol–water partition coefficient (Wildman–Crippen LogP) is 2.64. The number of nitrogens with zero attached hydrogens (tertiary/aromatic N) is 4. The fraction of sp³-hybridized carbons (Fsp3) is 0.632. The Kier molecular flexibility index (Phi) is 4.44. The molecule has 0 atom stereocenters. The number of hydrogen-bond acceptors (Lipinski definition) is 6. The maximum absolute atomic E-state index is 13.5. The molecule has 0 unspecified atom stereocenters. The van der Waals surface area contributed by atoms with Crippen LogP contribution in [0.4, 0.5) is 0 Å². The summed E-state index contributed by atoms with van der Waals surface area (Å²) in [6, 6.07) is 5.03. The quantitative estimate of drug-likeness (QED) is 0.759. The van der Waals surface area contributed by atoms with Gasteiger partial charge in [0.1, 0.15) is 15.9 Å². The first-order chi connectivity index (χ1) is 13.5. The monoisotopic (exact) mass is 420 g/mol. The van der Waals surface area contributed by atoms with E-state index in [1.54, 1.807) is 18.2 Å². The van der Waals surface area contributed by atoms with E-state index in [1.807, 2.05) is 4.90 Å². The number of aromatic nitrogens is 2. The van der Waals surface area contributed by atoms with Gasteiger partial charge in [0.25, 0.3) is 0 Å². The lowest BCUT2D eigenvalue weighted by Crippen LogP contribution is -2.66. The smallest absolute Gasteiger partial charge is 0.245 e. The summed E-state index contributed by atoms with van der Waals surface area (Å²) >= 11 is 1.01. The Labute approximate surface area is 169 Å². The first-order valence-electron chi connectivity index (χ1n) is 10.0. The van der Waals surface area contributed by atoms with E-state index >= 15 is 0 Å². The predicted molar refractivity (Wildman–Crippen MR) is 106 cm³/mol. The van der Waals surface area contributed by atoms with Crippen molar-refractivity contribution in [3.05, 3.63) is 18.2 Å². The number of piperazine rings is 1. The molecular formula is C19H24N4O3S2. The van der Waals surface area contributed by atoms with Crippen LogP contribution in [0, 0.1) is 5.92 Å². The van der Waals surface area contributed by atoms with Crippen LogP contribution in [-0.4, -0.2) is 57.5 Å². The van der Waals surface area contributed by atoms with E-state index in [-0.39, 0.29) is 22.9 Å². The molecule has 7 nitrogen and oxygen atoms in total. The third kappa shape index (κ3) is 3.04. The molecule has 1 aromatic heterocycles. The highest BCUT2D eigenvalue weighted by molar-refractivity contribution is 7.89. The topological polar surface area (TPSA) is 83.5 Å². The minimum absolute atomic E-state index is 0.0489. The van der Waals surface area contributed by atoms with E-state index in [0.717, 1.165) is 50.4 Å². The van der Waals surface area contributed by atoms with Crippen LogP contribution in [0.15, 0.2) is 23.1 Å². The summed E-state index contributed by atoms with van der Waals surface area (Å²) in [5, 5.41) is 0. The highest BCUT2D eigenvalue weighted by Crippen LogP contribution is 2.41. The molecule has 1 aromatic carbocycles. The molecule has 1 saturated heterocycles. The molecule has 3 fully saturated rings.